The minimum absolute atomic E-state index is 0.0595. The maximum Gasteiger partial charge on any atom is 0.376 e. The summed E-state index contributed by atoms with van der Waals surface area (Å²) in [6.45, 7) is 12.2. The molecule has 7 heteroatoms. The van der Waals surface area contributed by atoms with E-state index in [1.54, 1.807) is 0 Å². The molecule has 0 saturated carbocycles. The van der Waals surface area contributed by atoms with Gasteiger partial charge in [-0.1, -0.05) is 46.6 Å². The van der Waals surface area contributed by atoms with Crippen LogP contribution in [-0.2, 0) is 19.0 Å². The second-order valence-electron chi connectivity index (χ2n) is 6.89. The second kappa shape index (κ2) is 12.3. The Bertz CT molecular complexity index is 457. The van der Waals surface area contributed by atoms with Crippen LogP contribution in [0.2, 0.25) is 0 Å². The van der Waals surface area contributed by atoms with E-state index < -0.39 is 23.3 Å². The quantitative estimate of drug-likeness (QED) is 0.234. The smallest absolute Gasteiger partial charge is 0.376 e. The van der Waals surface area contributed by atoms with E-state index in [0.717, 1.165) is 19.3 Å². The molecule has 0 aliphatic carbocycles. The fourth-order valence-corrected chi connectivity index (χ4v) is 2.65. The van der Waals surface area contributed by atoms with Crippen molar-refractivity contribution in [2.24, 2.45) is 11.3 Å². The van der Waals surface area contributed by atoms with Crippen molar-refractivity contribution < 1.29 is 23.8 Å². The van der Waals surface area contributed by atoms with Gasteiger partial charge in [0.25, 0.3) is 0 Å². The number of carbonyl (C=O) groups is 2. The summed E-state index contributed by atoms with van der Waals surface area (Å²) in [7, 11) is 1.30. The number of hydrogen-bond donors (Lipinski definition) is 0. The van der Waals surface area contributed by atoms with Crippen molar-refractivity contribution in [1.82, 2.24) is 0 Å². The average molecular weight is 391 g/mol. The highest BCUT2D eigenvalue weighted by Crippen LogP contribution is 2.23. The van der Waals surface area contributed by atoms with Crippen molar-refractivity contribution >= 4 is 39.6 Å². The summed E-state index contributed by atoms with van der Waals surface area (Å²) in [6, 6.07) is 0. The number of ether oxygens (including phenoxy) is 3. The van der Waals surface area contributed by atoms with Gasteiger partial charge in [-0.2, -0.15) is 0 Å². The largest absolute Gasteiger partial charge is 0.478 e. The third-order valence-electron chi connectivity index (χ3n) is 3.26. The highest BCUT2D eigenvalue weighted by molar-refractivity contribution is 8.32. The number of methoxy groups -OCH3 is 1. The molecule has 0 unspecified atom stereocenters. The second-order valence-corrected chi connectivity index (χ2v) is 8.43. The number of rotatable bonds is 9. The van der Waals surface area contributed by atoms with Gasteiger partial charge in [0.05, 0.1) is 13.7 Å². The van der Waals surface area contributed by atoms with Gasteiger partial charge in [-0.25, -0.2) is 4.79 Å². The Hall–Kier alpha value is -1.08. The minimum Gasteiger partial charge on any atom is -0.478 e. The van der Waals surface area contributed by atoms with Crippen molar-refractivity contribution in [2.45, 2.75) is 59.5 Å². The number of thioether (sulfide) groups is 1. The normalized spacial score (nSPS) is 13.5. The van der Waals surface area contributed by atoms with Gasteiger partial charge in [-0.05, 0) is 30.5 Å². The number of unbranched alkanes of at least 4 members (excludes halogenated alkanes) is 2. The highest BCUT2D eigenvalue weighted by Gasteiger charge is 2.30. The fourth-order valence-electron chi connectivity index (χ4n) is 1.96. The van der Waals surface area contributed by atoms with Crippen LogP contribution in [0.3, 0.4) is 0 Å². The maximum absolute atomic E-state index is 12.1. The van der Waals surface area contributed by atoms with Crippen molar-refractivity contribution in [1.29, 1.82) is 0 Å². The van der Waals surface area contributed by atoms with Crippen LogP contribution in [0.25, 0.3) is 0 Å². The predicted molar refractivity (Wildman–Crippen MR) is 106 cm³/mol. The molecule has 0 amide bonds. The Balaban J connectivity index is 4.75. The molecule has 0 heterocycles. The Morgan fingerprint density at radius 2 is 1.92 bits per heavy atom. The summed E-state index contributed by atoms with van der Waals surface area (Å²) in [4.78, 5) is 24.0. The molecular formula is C18H30O5S2. The van der Waals surface area contributed by atoms with Gasteiger partial charge in [0.1, 0.15) is 12.0 Å². The molecule has 0 bridgehead atoms. The molecule has 0 fully saturated rings. The number of thiocarbonyl (C=S) groups is 1. The predicted octanol–water partition coefficient (Wildman–Crippen LogP) is 5.13. The van der Waals surface area contributed by atoms with Gasteiger partial charge in [0, 0.05) is 11.8 Å². The first kappa shape index (κ1) is 23.9. The van der Waals surface area contributed by atoms with Crippen LogP contribution in [0.15, 0.2) is 12.7 Å². The Labute approximate surface area is 160 Å². The topological polar surface area (TPSA) is 61.8 Å². The van der Waals surface area contributed by atoms with Gasteiger partial charge in [0.2, 0.25) is 4.38 Å². The molecule has 0 spiro atoms. The first-order valence-electron chi connectivity index (χ1n) is 8.40. The lowest BCUT2D eigenvalue weighted by Crippen LogP contribution is -2.31. The van der Waals surface area contributed by atoms with E-state index in [4.69, 9.17) is 26.4 Å². The lowest BCUT2D eigenvalue weighted by molar-refractivity contribution is -0.147. The van der Waals surface area contributed by atoms with Gasteiger partial charge < -0.3 is 14.2 Å². The van der Waals surface area contributed by atoms with Gasteiger partial charge in [-0.3, -0.25) is 4.79 Å². The lowest BCUT2D eigenvalue weighted by atomic mass is 9.97. The average Bonchev–Trinajstić information content (AvgIpc) is 2.52. The summed E-state index contributed by atoms with van der Waals surface area (Å²) >= 11 is 5.77. The van der Waals surface area contributed by atoms with Crippen LogP contribution in [0, 0.1) is 11.3 Å². The van der Waals surface area contributed by atoms with E-state index in [9.17, 15) is 9.59 Å². The van der Waals surface area contributed by atoms with Crippen LogP contribution < -0.4 is 0 Å². The number of carbonyl (C=O) groups excluding carboxylic acids is 2. The van der Waals surface area contributed by atoms with Gasteiger partial charge in [0.15, 0.2) is 0 Å². The summed E-state index contributed by atoms with van der Waals surface area (Å²) < 4.78 is 15.7. The van der Waals surface area contributed by atoms with E-state index >= 15 is 0 Å². The molecule has 0 aliphatic rings. The molecule has 144 valence electrons. The molecule has 0 aromatic carbocycles. The van der Waals surface area contributed by atoms with Crippen molar-refractivity contribution in [2.75, 3.05) is 13.7 Å². The SMILES string of the molecule is C=C[C@@H](C(=O)OC)[C@H](CCCCC)OC(=O)SC(=S)OCC(C)(C)C. The van der Waals surface area contributed by atoms with Crippen molar-refractivity contribution in [3.8, 4) is 0 Å². The van der Waals surface area contributed by atoms with Crippen LogP contribution in [0.4, 0.5) is 4.79 Å². The standard InChI is InChI=1S/C18H30O5S2/c1-7-9-10-11-14(13(8-2)15(19)21-6)23-16(20)25-17(24)22-12-18(3,4)5/h8,13-14H,2,7,9-12H2,1,3-6H3/t13-,14+/m1/s1. The Morgan fingerprint density at radius 1 is 1.28 bits per heavy atom. The Morgan fingerprint density at radius 3 is 2.40 bits per heavy atom. The molecule has 0 saturated heterocycles. The molecule has 0 aromatic heterocycles. The van der Waals surface area contributed by atoms with Crippen LogP contribution in [0.1, 0.15) is 53.4 Å². The third kappa shape index (κ3) is 11.2. The molecule has 2 atom stereocenters. The highest BCUT2D eigenvalue weighted by atomic mass is 32.2. The zero-order chi connectivity index (χ0) is 19.5. The van der Waals surface area contributed by atoms with E-state index in [-0.39, 0.29) is 9.80 Å². The molecule has 0 N–H and O–H groups in total. The molecule has 5 nitrogen and oxygen atoms in total. The fraction of sp³-hybridized carbons (Fsp3) is 0.722. The third-order valence-corrected chi connectivity index (χ3v) is 4.17. The van der Waals surface area contributed by atoms with Crippen LogP contribution in [-0.4, -0.2) is 35.5 Å². The Kier molecular flexibility index (Phi) is 11.8. The number of esters is 1. The summed E-state index contributed by atoms with van der Waals surface area (Å²) in [5.74, 6) is -1.17. The molecule has 25 heavy (non-hydrogen) atoms. The van der Waals surface area contributed by atoms with Crippen molar-refractivity contribution in [3.63, 3.8) is 0 Å². The molecule has 0 rings (SSSR count). The minimum atomic E-state index is -0.699. The first-order valence-corrected chi connectivity index (χ1v) is 9.62. The summed E-state index contributed by atoms with van der Waals surface area (Å²) in [5.41, 5.74) is -0.0595. The summed E-state index contributed by atoms with van der Waals surface area (Å²) in [5, 5.41) is -0.587. The van der Waals surface area contributed by atoms with Gasteiger partial charge >= 0.3 is 11.3 Å². The monoisotopic (exact) mass is 390 g/mol. The molecular weight excluding hydrogens is 360 g/mol. The number of hydrogen-bond acceptors (Lipinski definition) is 7. The zero-order valence-corrected chi connectivity index (χ0v) is 17.5. The van der Waals surface area contributed by atoms with E-state index in [1.165, 1.54) is 13.2 Å². The zero-order valence-electron chi connectivity index (χ0n) is 15.8. The van der Waals surface area contributed by atoms with Crippen molar-refractivity contribution in [3.05, 3.63) is 12.7 Å². The lowest BCUT2D eigenvalue weighted by Gasteiger charge is -2.23. The van der Waals surface area contributed by atoms with E-state index in [1.807, 2.05) is 20.8 Å². The van der Waals surface area contributed by atoms with Crippen LogP contribution in [0.5, 0.6) is 0 Å². The first-order chi connectivity index (χ1) is 11.6. The van der Waals surface area contributed by atoms with E-state index in [2.05, 4.69) is 13.5 Å². The molecule has 0 radical (unpaired) electrons. The van der Waals surface area contributed by atoms with Gasteiger partial charge in [-0.15, -0.1) is 6.58 Å². The van der Waals surface area contributed by atoms with E-state index in [0.29, 0.717) is 24.8 Å². The molecule has 0 aromatic rings. The molecule has 0 aliphatic heterocycles. The summed E-state index contributed by atoms with van der Waals surface area (Å²) in [6.07, 6.45) is 4.24. The van der Waals surface area contributed by atoms with Crippen LogP contribution >= 0.6 is 24.0 Å². The maximum atomic E-state index is 12.1.